The monoisotopic (exact) mass is 579 g/mol. The molecule has 1 aliphatic rings. The van der Waals surface area contributed by atoms with Crippen molar-refractivity contribution >= 4 is 12.0 Å². The number of unbranched alkanes of at least 4 members (excludes halogenated alkanes) is 1. The number of benzene rings is 1. The summed E-state index contributed by atoms with van der Waals surface area (Å²) in [5.41, 5.74) is -0.429. The van der Waals surface area contributed by atoms with Crippen LogP contribution in [0.4, 0.5) is 13.6 Å². The molecule has 0 spiro atoms. The fraction of sp³-hybridized carbons (Fsp3) is 0.655. The van der Waals surface area contributed by atoms with E-state index in [0.29, 0.717) is 51.1 Å². The average molecular weight is 580 g/mol. The predicted octanol–water partition coefficient (Wildman–Crippen LogP) is 4.23. The lowest BCUT2D eigenvalue weighted by atomic mass is 9.93. The molecule has 1 fully saturated rings. The van der Waals surface area contributed by atoms with Gasteiger partial charge >= 0.3 is 6.09 Å². The van der Waals surface area contributed by atoms with Crippen LogP contribution < -0.4 is 0 Å². The minimum Gasteiger partial charge on any atom is -0.444 e. The molecule has 1 aromatic heterocycles. The fourth-order valence-electron chi connectivity index (χ4n) is 5.02. The molecule has 0 saturated carbocycles. The van der Waals surface area contributed by atoms with Crippen LogP contribution in [0.5, 0.6) is 0 Å². The Bertz CT molecular complexity index is 1180. The topological polar surface area (TPSA) is 110 Å². The molecule has 0 aliphatic carbocycles. The summed E-state index contributed by atoms with van der Waals surface area (Å²) in [5.74, 6) is -2.72. The average Bonchev–Trinajstić information content (AvgIpc) is 3.33. The zero-order valence-corrected chi connectivity index (χ0v) is 24.9. The summed E-state index contributed by atoms with van der Waals surface area (Å²) >= 11 is 0. The van der Waals surface area contributed by atoms with Gasteiger partial charge in [0.05, 0.1) is 11.7 Å². The van der Waals surface area contributed by atoms with Crippen molar-refractivity contribution in [2.45, 2.75) is 71.9 Å². The van der Waals surface area contributed by atoms with Gasteiger partial charge < -0.3 is 24.4 Å². The molecular weight excluding hydrogens is 536 g/mol. The number of rotatable bonds is 11. The van der Waals surface area contributed by atoms with Crippen LogP contribution in [0.1, 0.15) is 70.1 Å². The molecule has 1 N–H and O–H groups in total. The van der Waals surface area contributed by atoms with Crippen LogP contribution >= 0.6 is 0 Å². The number of carbonyl (C=O) groups is 2. The summed E-state index contributed by atoms with van der Waals surface area (Å²) in [5, 5.41) is 18.3. The van der Waals surface area contributed by atoms with Gasteiger partial charge in [0.15, 0.2) is 17.3 Å². The molecule has 12 heteroatoms. The lowest BCUT2D eigenvalue weighted by Gasteiger charge is -2.43. The third-order valence-corrected chi connectivity index (χ3v) is 6.83. The van der Waals surface area contributed by atoms with Crippen LogP contribution in [-0.2, 0) is 15.9 Å². The number of likely N-dealkylation sites (tertiary alicyclic amines) is 1. The first-order chi connectivity index (χ1) is 19.4. The SMILES string of the molecule is COCCCCc1c(C(=O)N(CC(C)C)[C@H]2C[C@@H](CO)CN(C(=O)OC(C)(C)C)C2)nnn1-c1cccc(F)c1F. The highest BCUT2D eigenvalue weighted by Crippen LogP contribution is 2.27. The summed E-state index contributed by atoms with van der Waals surface area (Å²) in [6, 6.07) is 3.35. The number of ether oxygens (including phenoxy) is 2. The van der Waals surface area contributed by atoms with Crippen LogP contribution in [0.15, 0.2) is 18.2 Å². The molecule has 0 bridgehead atoms. The van der Waals surface area contributed by atoms with Gasteiger partial charge in [-0.3, -0.25) is 4.79 Å². The summed E-state index contributed by atoms with van der Waals surface area (Å²) in [7, 11) is 1.59. The van der Waals surface area contributed by atoms with Gasteiger partial charge in [0.25, 0.3) is 5.91 Å². The second-order valence-electron chi connectivity index (χ2n) is 12.0. The first-order valence-electron chi connectivity index (χ1n) is 14.1. The largest absolute Gasteiger partial charge is 0.444 e. The lowest BCUT2D eigenvalue weighted by molar-refractivity contribution is -0.00442. The minimum absolute atomic E-state index is 0.0432. The van der Waals surface area contributed by atoms with E-state index in [2.05, 4.69) is 10.3 Å². The number of hydrogen-bond acceptors (Lipinski definition) is 7. The molecule has 2 atom stereocenters. The van der Waals surface area contributed by atoms with Crippen molar-refractivity contribution < 1.29 is 33.0 Å². The normalized spacial score (nSPS) is 17.7. The Morgan fingerprint density at radius 3 is 2.56 bits per heavy atom. The summed E-state index contributed by atoms with van der Waals surface area (Å²) in [6.45, 7) is 10.5. The van der Waals surface area contributed by atoms with Crippen LogP contribution in [0, 0.1) is 23.5 Å². The number of nitrogens with zero attached hydrogens (tertiary/aromatic N) is 5. The second-order valence-corrected chi connectivity index (χ2v) is 12.0. The minimum atomic E-state index is -1.08. The van der Waals surface area contributed by atoms with Crippen molar-refractivity contribution in [1.82, 2.24) is 24.8 Å². The third kappa shape index (κ3) is 8.45. The van der Waals surface area contributed by atoms with Crippen LogP contribution in [0.25, 0.3) is 5.69 Å². The Kier molecular flexibility index (Phi) is 11.2. The highest BCUT2D eigenvalue weighted by Gasteiger charge is 2.38. The molecular formula is C29H43F2N5O5. The number of amides is 2. The summed E-state index contributed by atoms with van der Waals surface area (Å²) in [6.07, 6.45) is 1.58. The fourth-order valence-corrected chi connectivity index (χ4v) is 5.02. The molecule has 10 nitrogen and oxygen atoms in total. The Labute approximate surface area is 240 Å². The van der Waals surface area contributed by atoms with E-state index in [9.17, 15) is 23.5 Å². The van der Waals surface area contributed by atoms with Crippen molar-refractivity contribution in [3.05, 3.63) is 41.2 Å². The highest BCUT2D eigenvalue weighted by atomic mass is 19.2. The molecule has 0 unspecified atom stereocenters. The standard InChI is InChI=1S/C29H43F2N5O5/c1-19(2)15-35(21-14-20(18-37)16-34(17-21)28(39)41-29(3,4)5)27(38)26-24(11-7-8-13-40-6)36(33-32-26)23-12-9-10-22(30)25(23)31/h9-10,12,19-21,37H,7-8,11,13-18H2,1-6H3/t20-,21+/m1/s1. The predicted molar refractivity (Wildman–Crippen MR) is 149 cm³/mol. The molecule has 2 aromatic rings. The zero-order valence-electron chi connectivity index (χ0n) is 24.9. The van der Waals surface area contributed by atoms with Gasteiger partial charge in [0.1, 0.15) is 11.3 Å². The smallest absolute Gasteiger partial charge is 0.410 e. The molecule has 1 saturated heterocycles. The quantitative estimate of drug-likeness (QED) is 0.397. The van der Waals surface area contributed by atoms with Crippen molar-refractivity contribution in [1.29, 1.82) is 0 Å². The van der Waals surface area contributed by atoms with Crippen LogP contribution in [0.2, 0.25) is 0 Å². The molecule has 228 valence electrons. The lowest BCUT2D eigenvalue weighted by Crippen LogP contribution is -2.56. The van der Waals surface area contributed by atoms with Gasteiger partial charge in [-0.1, -0.05) is 25.1 Å². The van der Waals surface area contributed by atoms with Gasteiger partial charge in [-0.2, -0.15) is 0 Å². The molecule has 1 aromatic carbocycles. The molecule has 2 heterocycles. The molecule has 2 amide bonds. The number of aromatic nitrogens is 3. The second kappa shape index (κ2) is 14.2. The first kappa shape index (κ1) is 32.4. The van der Waals surface area contributed by atoms with Gasteiger partial charge in [0.2, 0.25) is 0 Å². The third-order valence-electron chi connectivity index (χ3n) is 6.83. The van der Waals surface area contributed by atoms with Gasteiger partial charge in [-0.05, 0) is 64.5 Å². The van der Waals surface area contributed by atoms with E-state index >= 15 is 0 Å². The Hall–Kier alpha value is -3.12. The van der Waals surface area contributed by atoms with Crippen LogP contribution in [-0.4, -0.2) is 93.5 Å². The first-order valence-corrected chi connectivity index (χ1v) is 14.1. The van der Waals surface area contributed by atoms with E-state index in [1.165, 1.54) is 21.7 Å². The van der Waals surface area contributed by atoms with Crippen molar-refractivity contribution in [2.24, 2.45) is 11.8 Å². The Morgan fingerprint density at radius 2 is 1.93 bits per heavy atom. The van der Waals surface area contributed by atoms with Gasteiger partial charge in [0, 0.05) is 45.9 Å². The Morgan fingerprint density at radius 1 is 1.20 bits per heavy atom. The number of aliphatic hydroxyl groups is 1. The van der Waals surface area contributed by atoms with E-state index < -0.39 is 35.3 Å². The number of halogens is 2. The number of methoxy groups -OCH3 is 1. The number of carbonyl (C=O) groups excluding carboxylic acids is 2. The summed E-state index contributed by atoms with van der Waals surface area (Å²) in [4.78, 5) is 30.4. The summed E-state index contributed by atoms with van der Waals surface area (Å²) < 4.78 is 40.8. The van der Waals surface area contributed by atoms with Crippen LogP contribution in [0.3, 0.4) is 0 Å². The van der Waals surface area contributed by atoms with E-state index in [1.807, 2.05) is 13.8 Å². The van der Waals surface area contributed by atoms with E-state index in [-0.39, 0.29) is 36.4 Å². The number of hydrogen-bond donors (Lipinski definition) is 1. The molecule has 1 aliphatic heterocycles. The van der Waals surface area contributed by atoms with Crippen molar-refractivity contribution in [3.8, 4) is 5.69 Å². The highest BCUT2D eigenvalue weighted by molar-refractivity contribution is 5.93. The maximum Gasteiger partial charge on any atom is 0.410 e. The maximum atomic E-state index is 14.8. The van der Waals surface area contributed by atoms with E-state index in [4.69, 9.17) is 9.47 Å². The van der Waals surface area contributed by atoms with E-state index in [0.717, 1.165) is 6.07 Å². The zero-order chi connectivity index (χ0) is 30.3. The maximum absolute atomic E-state index is 14.8. The molecule has 0 radical (unpaired) electrons. The number of aliphatic hydroxyl groups excluding tert-OH is 1. The van der Waals surface area contributed by atoms with Gasteiger partial charge in [-0.25, -0.2) is 18.3 Å². The molecule has 3 rings (SSSR count). The Balaban J connectivity index is 2.00. The van der Waals surface area contributed by atoms with Gasteiger partial charge in [-0.15, -0.1) is 5.10 Å². The van der Waals surface area contributed by atoms with E-state index in [1.54, 1.807) is 32.8 Å². The number of piperidine rings is 1. The van der Waals surface area contributed by atoms with Crippen molar-refractivity contribution in [2.75, 3.05) is 40.0 Å². The van der Waals surface area contributed by atoms with Crippen molar-refractivity contribution in [3.63, 3.8) is 0 Å². The molecule has 41 heavy (non-hydrogen) atoms.